The summed E-state index contributed by atoms with van der Waals surface area (Å²) < 4.78 is 25.8. The fourth-order valence-electron chi connectivity index (χ4n) is 7.22. The van der Waals surface area contributed by atoms with E-state index in [0.717, 1.165) is 49.9 Å². The van der Waals surface area contributed by atoms with Crippen molar-refractivity contribution in [2.75, 3.05) is 45.5 Å². The maximum Gasteiger partial charge on any atom is 0.245 e. The summed E-state index contributed by atoms with van der Waals surface area (Å²) in [6.45, 7) is 8.52. The van der Waals surface area contributed by atoms with Crippen molar-refractivity contribution in [3.05, 3.63) is 71.3 Å². The SMILES string of the molecule is CC(C)CN(C1CCN(S(C)(=O)=O)CC1)C1CCN(C(=O)C(Cc2ccccc2)NC(=O)CC2NCCc3ccccc32)C1. The lowest BCUT2D eigenvalue weighted by atomic mass is 9.92. The van der Waals surface area contributed by atoms with Gasteiger partial charge in [0.05, 0.1) is 6.26 Å². The number of carbonyl (C=O) groups is 2. The number of benzene rings is 2. The van der Waals surface area contributed by atoms with Gasteiger partial charge in [-0.05, 0) is 54.8 Å². The Hall–Kier alpha value is -2.79. The molecule has 240 valence electrons. The van der Waals surface area contributed by atoms with Gasteiger partial charge in [0.15, 0.2) is 0 Å². The maximum absolute atomic E-state index is 14.1. The number of rotatable bonds is 11. The second-order valence-corrected chi connectivity index (χ2v) is 15.2. The molecule has 2 amide bonds. The van der Waals surface area contributed by atoms with Gasteiger partial charge in [0.2, 0.25) is 21.8 Å². The number of amides is 2. The molecule has 0 radical (unpaired) electrons. The van der Waals surface area contributed by atoms with Crippen LogP contribution in [0.25, 0.3) is 0 Å². The zero-order valence-corrected chi connectivity index (χ0v) is 27.3. The van der Waals surface area contributed by atoms with Crippen molar-refractivity contribution in [2.45, 2.75) is 76.5 Å². The Morgan fingerprint density at radius 2 is 1.66 bits per heavy atom. The van der Waals surface area contributed by atoms with Crippen LogP contribution >= 0.6 is 0 Å². The second-order valence-electron chi connectivity index (χ2n) is 13.2. The van der Waals surface area contributed by atoms with E-state index in [1.807, 2.05) is 47.4 Å². The number of sulfonamides is 1. The quantitative estimate of drug-likeness (QED) is 0.399. The topological polar surface area (TPSA) is 102 Å². The molecule has 3 heterocycles. The zero-order chi connectivity index (χ0) is 31.3. The first-order chi connectivity index (χ1) is 21.1. The molecule has 44 heavy (non-hydrogen) atoms. The van der Waals surface area contributed by atoms with Gasteiger partial charge in [-0.2, -0.15) is 0 Å². The molecule has 3 atom stereocenters. The van der Waals surface area contributed by atoms with Crippen molar-refractivity contribution in [3.63, 3.8) is 0 Å². The Morgan fingerprint density at radius 1 is 0.977 bits per heavy atom. The summed E-state index contributed by atoms with van der Waals surface area (Å²) in [6.07, 6.45) is 5.44. The summed E-state index contributed by atoms with van der Waals surface area (Å²) in [4.78, 5) is 32.0. The molecule has 2 N–H and O–H groups in total. The molecule has 0 aliphatic carbocycles. The van der Waals surface area contributed by atoms with Crippen LogP contribution in [0.5, 0.6) is 0 Å². The first-order valence-corrected chi connectivity index (χ1v) is 18.1. The fraction of sp³-hybridized carbons (Fsp3) is 0.588. The van der Waals surface area contributed by atoms with E-state index in [2.05, 4.69) is 41.5 Å². The Morgan fingerprint density at radius 3 is 2.36 bits per heavy atom. The van der Waals surface area contributed by atoms with E-state index in [-0.39, 0.29) is 30.3 Å². The van der Waals surface area contributed by atoms with Crippen LogP contribution in [0.3, 0.4) is 0 Å². The van der Waals surface area contributed by atoms with Gasteiger partial charge in [0.25, 0.3) is 0 Å². The molecule has 2 saturated heterocycles. The molecule has 9 nitrogen and oxygen atoms in total. The van der Waals surface area contributed by atoms with Gasteiger partial charge < -0.3 is 15.5 Å². The first-order valence-electron chi connectivity index (χ1n) is 16.2. The van der Waals surface area contributed by atoms with Gasteiger partial charge >= 0.3 is 0 Å². The molecular formula is C34H49N5O4S. The molecule has 5 rings (SSSR count). The predicted molar refractivity (Wildman–Crippen MR) is 174 cm³/mol. The summed E-state index contributed by atoms with van der Waals surface area (Å²) in [5, 5.41) is 6.62. The normalized spacial score (nSPS) is 22.2. The van der Waals surface area contributed by atoms with Gasteiger partial charge in [0.1, 0.15) is 6.04 Å². The highest BCUT2D eigenvalue weighted by molar-refractivity contribution is 7.88. The van der Waals surface area contributed by atoms with E-state index >= 15 is 0 Å². The van der Waals surface area contributed by atoms with E-state index in [1.54, 1.807) is 4.31 Å². The summed E-state index contributed by atoms with van der Waals surface area (Å²) in [5.41, 5.74) is 3.45. The first kappa shape index (κ1) is 32.6. The number of piperidine rings is 1. The summed E-state index contributed by atoms with van der Waals surface area (Å²) in [5.74, 6) is 0.303. The number of nitrogens with one attached hydrogen (secondary N) is 2. The lowest BCUT2D eigenvalue weighted by Gasteiger charge is -2.41. The second kappa shape index (κ2) is 14.5. The minimum absolute atomic E-state index is 0.0295. The molecule has 3 aliphatic rings. The molecule has 3 unspecified atom stereocenters. The number of likely N-dealkylation sites (tertiary alicyclic amines) is 1. The van der Waals surface area contributed by atoms with Gasteiger partial charge in [-0.3, -0.25) is 14.5 Å². The molecule has 0 bridgehead atoms. The third-order valence-corrected chi connectivity index (χ3v) is 10.7. The van der Waals surface area contributed by atoms with Crippen LogP contribution in [0.15, 0.2) is 54.6 Å². The van der Waals surface area contributed by atoms with E-state index < -0.39 is 16.1 Å². The molecule has 0 aromatic heterocycles. The van der Waals surface area contributed by atoms with Gasteiger partial charge in [-0.15, -0.1) is 0 Å². The summed E-state index contributed by atoms with van der Waals surface area (Å²) in [6, 6.07) is 18.0. The molecule has 2 aromatic carbocycles. The highest BCUT2D eigenvalue weighted by atomic mass is 32.2. The minimum Gasteiger partial charge on any atom is -0.344 e. The van der Waals surface area contributed by atoms with Crippen LogP contribution in [-0.4, -0.2) is 98.0 Å². The van der Waals surface area contributed by atoms with Crippen LogP contribution in [0.1, 0.15) is 62.3 Å². The van der Waals surface area contributed by atoms with Crippen molar-refractivity contribution in [1.29, 1.82) is 0 Å². The fourth-order valence-corrected chi connectivity index (χ4v) is 8.09. The molecule has 2 aromatic rings. The van der Waals surface area contributed by atoms with Crippen LogP contribution in [0.2, 0.25) is 0 Å². The standard InChI is InChI=1S/C34H49N5O4S/c1-25(2)23-39(28-15-19-38(20-16-28)44(3,42)43)29-14-18-37(24-29)34(41)32(21-26-9-5-4-6-10-26)36-33(40)22-31-30-12-8-7-11-27(30)13-17-35-31/h4-12,25,28-29,31-32,35H,13-24H2,1-3H3,(H,36,40). The Labute approximate surface area is 263 Å². The largest absolute Gasteiger partial charge is 0.344 e. The molecule has 0 spiro atoms. The molecular weight excluding hydrogens is 574 g/mol. The van der Waals surface area contributed by atoms with Crippen LogP contribution in [0.4, 0.5) is 0 Å². The van der Waals surface area contributed by atoms with E-state index in [1.165, 1.54) is 11.8 Å². The van der Waals surface area contributed by atoms with Crippen LogP contribution in [-0.2, 0) is 32.5 Å². The zero-order valence-electron chi connectivity index (χ0n) is 26.5. The molecule has 0 saturated carbocycles. The van der Waals surface area contributed by atoms with Gasteiger partial charge in [0, 0.05) is 63.7 Å². The minimum atomic E-state index is -3.18. The predicted octanol–water partition coefficient (Wildman–Crippen LogP) is 2.97. The van der Waals surface area contributed by atoms with E-state index in [4.69, 9.17) is 0 Å². The highest BCUT2D eigenvalue weighted by Crippen LogP contribution is 2.28. The third kappa shape index (κ3) is 8.27. The van der Waals surface area contributed by atoms with E-state index in [9.17, 15) is 18.0 Å². The average Bonchev–Trinajstić information content (AvgIpc) is 3.49. The highest BCUT2D eigenvalue weighted by Gasteiger charge is 2.38. The Balaban J connectivity index is 1.26. The third-order valence-electron chi connectivity index (χ3n) is 9.40. The van der Waals surface area contributed by atoms with Crippen molar-refractivity contribution >= 4 is 21.8 Å². The molecule has 3 aliphatic heterocycles. The van der Waals surface area contributed by atoms with E-state index in [0.29, 0.717) is 44.6 Å². The number of fused-ring (bicyclic) bond motifs is 1. The monoisotopic (exact) mass is 623 g/mol. The summed E-state index contributed by atoms with van der Waals surface area (Å²) in [7, 11) is -3.18. The average molecular weight is 624 g/mol. The van der Waals surface area contributed by atoms with Crippen molar-refractivity contribution < 1.29 is 18.0 Å². The lowest BCUT2D eigenvalue weighted by molar-refractivity contribution is -0.136. The maximum atomic E-state index is 14.1. The van der Waals surface area contributed by atoms with Gasteiger partial charge in [-0.1, -0.05) is 68.4 Å². The van der Waals surface area contributed by atoms with Gasteiger partial charge in [-0.25, -0.2) is 12.7 Å². The number of nitrogens with zero attached hydrogens (tertiary/aromatic N) is 3. The smallest absolute Gasteiger partial charge is 0.245 e. The Bertz CT molecular complexity index is 1380. The number of hydrogen-bond donors (Lipinski definition) is 2. The van der Waals surface area contributed by atoms with Crippen molar-refractivity contribution in [1.82, 2.24) is 24.7 Å². The number of hydrogen-bond acceptors (Lipinski definition) is 6. The molecule has 10 heteroatoms. The van der Waals surface area contributed by atoms with Crippen LogP contribution < -0.4 is 10.6 Å². The van der Waals surface area contributed by atoms with Crippen molar-refractivity contribution in [3.8, 4) is 0 Å². The molecule has 2 fully saturated rings. The van der Waals surface area contributed by atoms with Crippen molar-refractivity contribution in [2.24, 2.45) is 5.92 Å². The Kier molecular flexibility index (Phi) is 10.8. The summed E-state index contributed by atoms with van der Waals surface area (Å²) >= 11 is 0. The van der Waals surface area contributed by atoms with Crippen LogP contribution in [0, 0.1) is 5.92 Å². The lowest BCUT2D eigenvalue weighted by Crippen LogP contribution is -2.53. The number of carbonyl (C=O) groups excluding carboxylic acids is 2.